The molecule has 2 aromatic rings. The molecular weight excluding hydrogens is 212 g/mol. The number of aliphatic hydroxyl groups is 1. The average molecular weight is 232 g/mol. The molecule has 0 saturated heterocycles. The maximum atomic E-state index is 9.37. The van der Waals surface area contributed by atoms with Gasteiger partial charge in [0.2, 0.25) is 0 Å². The van der Waals surface area contributed by atoms with Crippen molar-refractivity contribution in [3.05, 3.63) is 36.0 Å². The summed E-state index contributed by atoms with van der Waals surface area (Å²) >= 11 is 0. The highest BCUT2D eigenvalue weighted by Crippen LogP contribution is 2.20. The first kappa shape index (κ1) is 12.1. The van der Waals surface area contributed by atoms with Gasteiger partial charge in [-0.05, 0) is 38.5 Å². The fraction of sp³-hybridized carbons (Fsp3) is 0.429. The molecule has 0 fully saturated rings. The van der Waals surface area contributed by atoms with Crippen molar-refractivity contribution in [1.29, 1.82) is 0 Å². The van der Waals surface area contributed by atoms with Crippen LogP contribution >= 0.6 is 0 Å². The van der Waals surface area contributed by atoms with E-state index < -0.39 is 0 Å². The van der Waals surface area contributed by atoms with Gasteiger partial charge in [0, 0.05) is 18.3 Å². The molecule has 1 aromatic carbocycles. The number of hydrogen-bond acceptors (Lipinski definition) is 2. The number of fused-ring (bicyclic) bond motifs is 1. The molecule has 0 unspecified atom stereocenters. The van der Waals surface area contributed by atoms with Gasteiger partial charge in [-0.1, -0.05) is 18.2 Å². The quantitative estimate of drug-likeness (QED) is 0.855. The van der Waals surface area contributed by atoms with Crippen molar-refractivity contribution < 1.29 is 5.11 Å². The minimum atomic E-state index is 0.106. The van der Waals surface area contributed by atoms with Crippen molar-refractivity contribution in [3.63, 3.8) is 0 Å². The Labute approximate surface area is 102 Å². The van der Waals surface area contributed by atoms with E-state index in [-0.39, 0.29) is 6.61 Å². The molecule has 1 aromatic heterocycles. The number of aryl methyl sites for hydroxylation is 1. The van der Waals surface area contributed by atoms with Crippen molar-refractivity contribution in [1.82, 2.24) is 9.47 Å². The van der Waals surface area contributed by atoms with Crippen LogP contribution in [0.2, 0.25) is 0 Å². The van der Waals surface area contributed by atoms with Crippen LogP contribution in [0.4, 0.5) is 0 Å². The Kier molecular flexibility index (Phi) is 3.82. The Morgan fingerprint density at radius 1 is 1.24 bits per heavy atom. The lowest BCUT2D eigenvalue weighted by Gasteiger charge is -2.11. The van der Waals surface area contributed by atoms with Gasteiger partial charge < -0.3 is 14.6 Å². The van der Waals surface area contributed by atoms with Crippen LogP contribution < -0.4 is 0 Å². The molecule has 0 aliphatic heterocycles. The number of aliphatic hydroxyl groups excluding tert-OH is 1. The number of aromatic nitrogens is 1. The third-order valence-electron chi connectivity index (χ3n) is 3.05. The van der Waals surface area contributed by atoms with Crippen molar-refractivity contribution in [2.45, 2.75) is 19.6 Å². The molecule has 0 saturated carbocycles. The molecule has 3 nitrogen and oxygen atoms in total. The summed E-state index contributed by atoms with van der Waals surface area (Å²) in [6.45, 7) is 2.19. The first-order valence-corrected chi connectivity index (χ1v) is 6.04. The van der Waals surface area contributed by atoms with Crippen LogP contribution in [0.15, 0.2) is 30.5 Å². The van der Waals surface area contributed by atoms with E-state index in [1.54, 1.807) is 0 Å². The lowest BCUT2D eigenvalue weighted by Crippen LogP contribution is -2.15. The van der Waals surface area contributed by atoms with Gasteiger partial charge >= 0.3 is 0 Å². The molecule has 0 aliphatic carbocycles. The summed E-state index contributed by atoms with van der Waals surface area (Å²) in [4.78, 5) is 2.19. The number of rotatable bonds is 5. The first-order chi connectivity index (χ1) is 8.22. The Hall–Kier alpha value is -1.32. The van der Waals surface area contributed by atoms with E-state index in [2.05, 4.69) is 41.9 Å². The molecule has 3 heteroatoms. The predicted molar refractivity (Wildman–Crippen MR) is 71.0 cm³/mol. The van der Waals surface area contributed by atoms with Crippen molar-refractivity contribution in [2.75, 3.05) is 20.6 Å². The van der Waals surface area contributed by atoms with Crippen LogP contribution in [0.5, 0.6) is 0 Å². The predicted octanol–water partition coefficient (Wildman–Crippen LogP) is 2.09. The number of benzene rings is 1. The van der Waals surface area contributed by atoms with E-state index in [0.717, 1.165) is 25.1 Å². The second kappa shape index (κ2) is 5.34. The molecule has 1 heterocycles. The van der Waals surface area contributed by atoms with Crippen molar-refractivity contribution in [3.8, 4) is 0 Å². The van der Waals surface area contributed by atoms with E-state index in [0.29, 0.717) is 0 Å². The first-order valence-electron chi connectivity index (χ1n) is 6.04. The monoisotopic (exact) mass is 232 g/mol. The molecule has 0 aliphatic rings. The van der Waals surface area contributed by atoms with Crippen molar-refractivity contribution >= 4 is 10.9 Å². The lowest BCUT2D eigenvalue weighted by atomic mass is 10.1. The molecule has 92 valence electrons. The van der Waals surface area contributed by atoms with E-state index in [1.165, 1.54) is 10.9 Å². The number of nitrogens with zero attached hydrogens (tertiary/aromatic N) is 2. The molecule has 0 spiro atoms. The van der Waals surface area contributed by atoms with Gasteiger partial charge in [0.25, 0.3) is 0 Å². The molecule has 0 radical (unpaired) electrons. The van der Waals surface area contributed by atoms with Crippen molar-refractivity contribution in [2.24, 2.45) is 0 Å². The Morgan fingerprint density at radius 3 is 2.76 bits per heavy atom. The summed E-state index contributed by atoms with van der Waals surface area (Å²) in [6, 6.07) is 8.20. The Balaban J connectivity index is 2.22. The standard InChI is InChI=1S/C14H20N2O/c1-15(2)8-4-9-16-10-7-12-5-3-6-13(11-17)14(12)16/h3,5-7,10,17H,4,8-9,11H2,1-2H3. The normalized spacial score (nSPS) is 11.5. The Morgan fingerprint density at radius 2 is 2.06 bits per heavy atom. The smallest absolute Gasteiger partial charge is 0.0702 e. The van der Waals surface area contributed by atoms with Crippen LogP contribution in [-0.4, -0.2) is 35.2 Å². The van der Waals surface area contributed by atoms with Crippen LogP contribution in [0, 0.1) is 0 Å². The van der Waals surface area contributed by atoms with Gasteiger partial charge in [0.05, 0.1) is 12.1 Å². The molecular formula is C14H20N2O. The zero-order valence-electron chi connectivity index (χ0n) is 10.6. The maximum absolute atomic E-state index is 9.37. The third-order valence-corrected chi connectivity index (χ3v) is 3.05. The molecule has 0 amide bonds. The molecule has 1 N–H and O–H groups in total. The van der Waals surface area contributed by atoms with Gasteiger partial charge in [-0.3, -0.25) is 0 Å². The fourth-order valence-electron chi connectivity index (χ4n) is 2.21. The summed E-state index contributed by atoms with van der Waals surface area (Å²) in [5.74, 6) is 0. The number of hydrogen-bond donors (Lipinski definition) is 1. The summed E-state index contributed by atoms with van der Waals surface area (Å²) in [7, 11) is 4.18. The summed E-state index contributed by atoms with van der Waals surface area (Å²) < 4.78 is 2.24. The van der Waals surface area contributed by atoms with E-state index >= 15 is 0 Å². The van der Waals surface area contributed by atoms with Crippen LogP contribution in [-0.2, 0) is 13.2 Å². The van der Waals surface area contributed by atoms with Gasteiger partial charge in [-0.25, -0.2) is 0 Å². The SMILES string of the molecule is CN(C)CCCn1ccc2cccc(CO)c21. The molecule has 2 rings (SSSR count). The van der Waals surface area contributed by atoms with E-state index in [4.69, 9.17) is 0 Å². The van der Waals surface area contributed by atoms with Gasteiger partial charge in [0.1, 0.15) is 0 Å². The largest absolute Gasteiger partial charge is 0.392 e. The highest BCUT2D eigenvalue weighted by atomic mass is 16.3. The molecule has 17 heavy (non-hydrogen) atoms. The van der Waals surface area contributed by atoms with E-state index in [9.17, 15) is 5.11 Å². The maximum Gasteiger partial charge on any atom is 0.0702 e. The molecule has 0 bridgehead atoms. The Bertz CT molecular complexity index is 488. The second-order valence-electron chi connectivity index (χ2n) is 4.68. The van der Waals surface area contributed by atoms with Gasteiger partial charge in [0.15, 0.2) is 0 Å². The zero-order valence-corrected chi connectivity index (χ0v) is 10.6. The van der Waals surface area contributed by atoms with Gasteiger partial charge in [-0.15, -0.1) is 0 Å². The number of para-hydroxylation sites is 1. The van der Waals surface area contributed by atoms with E-state index in [1.807, 2.05) is 12.1 Å². The minimum absolute atomic E-state index is 0.106. The summed E-state index contributed by atoms with van der Waals surface area (Å²) in [6.07, 6.45) is 3.23. The fourth-order valence-corrected chi connectivity index (χ4v) is 2.21. The van der Waals surface area contributed by atoms with Crippen LogP contribution in [0.1, 0.15) is 12.0 Å². The highest BCUT2D eigenvalue weighted by Gasteiger charge is 2.05. The highest BCUT2D eigenvalue weighted by molar-refractivity contribution is 5.83. The second-order valence-corrected chi connectivity index (χ2v) is 4.68. The topological polar surface area (TPSA) is 28.4 Å². The average Bonchev–Trinajstić information content (AvgIpc) is 2.72. The summed E-state index contributed by atoms with van der Waals surface area (Å²) in [5.41, 5.74) is 2.19. The summed E-state index contributed by atoms with van der Waals surface area (Å²) in [5, 5.41) is 10.6. The van der Waals surface area contributed by atoms with Gasteiger partial charge in [-0.2, -0.15) is 0 Å². The lowest BCUT2D eigenvalue weighted by molar-refractivity contribution is 0.282. The molecule has 0 atom stereocenters. The van der Waals surface area contributed by atoms with Crippen LogP contribution in [0.3, 0.4) is 0 Å². The zero-order chi connectivity index (χ0) is 12.3. The minimum Gasteiger partial charge on any atom is -0.392 e. The van der Waals surface area contributed by atoms with Crippen LogP contribution in [0.25, 0.3) is 10.9 Å². The third kappa shape index (κ3) is 2.68.